The number of aryl methyl sites for hydroxylation is 1. The number of hydrogen-bond donors (Lipinski definition) is 1. The predicted octanol–water partition coefficient (Wildman–Crippen LogP) is 3.98. The average molecular weight is 414 g/mol. The zero-order valence-corrected chi connectivity index (χ0v) is 16.1. The van der Waals surface area contributed by atoms with Gasteiger partial charge in [0.05, 0.1) is 11.4 Å². The number of nitrogens with zero attached hydrogens (tertiary/aromatic N) is 3. The third-order valence-electron chi connectivity index (χ3n) is 4.32. The molecule has 1 aromatic heterocycles. The molecule has 1 aliphatic heterocycles. The molecule has 2 heterocycles. The van der Waals surface area contributed by atoms with Crippen LogP contribution in [0, 0.1) is 11.6 Å². The van der Waals surface area contributed by atoms with Crippen LogP contribution in [0.1, 0.15) is 12.0 Å². The van der Waals surface area contributed by atoms with E-state index in [1.54, 1.807) is 18.3 Å². The molecule has 1 atom stereocenters. The van der Waals surface area contributed by atoms with E-state index < -0.39 is 23.6 Å². The second-order valence-electron chi connectivity index (χ2n) is 6.37. The van der Waals surface area contributed by atoms with Crippen molar-refractivity contribution in [3.63, 3.8) is 0 Å². The van der Waals surface area contributed by atoms with Crippen molar-refractivity contribution in [2.24, 2.45) is 12.2 Å². The number of aromatic nitrogens is 2. The topological polar surface area (TPSA) is 68.5 Å². The normalized spacial score (nSPS) is 15.7. The molecule has 0 bridgehead atoms. The predicted molar refractivity (Wildman–Crippen MR) is 105 cm³/mol. The molecular weight excluding hydrogens is 398 g/mol. The van der Waals surface area contributed by atoms with Crippen molar-refractivity contribution in [1.29, 1.82) is 0 Å². The largest absolute Gasteiger partial charge is 0.382 e. The number of amides is 1. The first-order chi connectivity index (χ1) is 14.0. The van der Waals surface area contributed by atoms with Crippen molar-refractivity contribution in [1.82, 2.24) is 9.55 Å². The fourth-order valence-corrected chi connectivity index (χ4v) is 3.71. The molecule has 1 N–H and O–H groups in total. The number of hydrogen-bond acceptors (Lipinski definition) is 5. The molecule has 0 saturated carbocycles. The summed E-state index contributed by atoms with van der Waals surface area (Å²) < 4.78 is 29.2. The maximum atomic E-state index is 13.9. The zero-order valence-electron chi connectivity index (χ0n) is 15.3. The standard InChI is InChI=1S/C20H16F2N4O2S/c1-26-9-8-23-20(26)29-18-5-3-2-4-15(18)24-19(27)17-11-16(25-28-17)13-10-12(21)6-7-14(13)22/h2-10,17H,11H2,1H3,(H,24,27)/t17-/m1/s1. The fraction of sp³-hybridized carbons (Fsp3) is 0.150. The number of benzene rings is 2. The van der Waals surface area contributed by atoms with Gasteiger partial charge in [-0.1, -0.05) is 17.3 Å². The van der Waals surface area contributed by atoms with Crippen LogP contribution in [-0.4, -0.2) is 27.3 Å². The number of imidazole rings is 1. The molecule has 6 nitrogen and oxygen atoms in total. The Hall–Kier alpha value is -3.20. The van der Waals surface area contributed by atoms with Crippen LogP contribution in [-0.2, 0) is 16.7 Å². The molecule has 0 fully saturated rings. The lowest BCUT2D eigenvalue weighted by atomic mass is 10.0. The Kier molecular flexibility index (Phi) is 5.30. The van der Waals surface area contributed by atoms with Crippen molar-refractivity contribution in [3.05, 3.63) is 72.1 Å². The summed E-state index contributed by atoms with van der Waals surface area (Å²) in [5.41, 5.74) is 0.781. The molecule has 9 heteroatoms. The third-order valence-corrected chi connectivity index (χ3v) is 5.48. The molecule has 29 heavy (non-hydrogen) atoms. The maximum Gasteiger partial charge on any atom is 0.268 e. The van der Waals surface area contributed by atoms with Crippen LogP contribution < -0.4 is 5.32 Å². The summed E-state index contributed by atoms with van der Waals surface area (Å²) in [7, 11) is 1.88. The molecule has 1 amide bonds. The first-order valence-corrected chi connectivity index (χ1v) is 9.56. The molecule has 0 saturated heterocycles. The van der Waals surface area contributed by atoms with E-state index in [-0.39, 0.29) is 17.7 Å². The quantitative estimate of drug-likeness (QED) is 0.686. The molecule has 1 aliphatic rings. The number of carbonyl (C=O) groups is 1. The lowest BCUT2D eigenvalue weighted by Crippen LogP contribution is -2.28. The Morgan fingerprint density at radius 2 is 2.10 bits per heavy atom. The smallest absolute Gasteiger partial charge is 0.268 e. The van der Waals surface area contributed by atoms with Crippen LogP contribution >= 0.6 is 11.8 Å². The molecule has 148 valence electrons. The van der Waals surface area contributed by atoms with Gasteiger partial charge in [-0.05, 0) is 42.1 Å². The molecule has 0 aliphatic carbocycles. The second kappa shape index (κ2) is 8.04. The van der Waals surface area contributed by atoms with Gasteiger partial charge >= 0.3 is 0 Å². The van der Waals surface area contributed by atoms with Gasteiger partial charge < -0.3 is 14.7 Å². The maximum absolute atomic E-state index is 13.9. The Morgan fingerprint density at radius 1 is 1.28 bits per heavy atom. The monoisotopic (exact) mass is 414 g/mol. The number of carbonyl (C=O) groups excluding carboxylic acids is 1. The van der Waals surface area contributed by atoms with E-state index in [1.165, 1.54) is 11.8 Å². The van der Waals surface area contributed by atoms with Crippen molar-refractivity contribution >= 4 is 29.1 Å². The molecule has 2 aromatic carbocycles. The summed E-state index contributed by atoms with van der Waals surface area (Å²) in [6.07, 6.45) is 2.64. The number of anilines is 1. The van der Waals surface area contributed by atoms with Crippen molar-refractivity contribution in [2.75, 3.05) is 5.32 Å². The van der Waals surface area contributed by atoms with Gasteiger partial charge in [0, 0.05) is 36.3 Å². The summed E-state index contributed by atoms with van der Waals surface area (Å²) in [5.74, 6) is -1.63. The molecule has 0 spiro atoms. The van der Waals surface area contributed by atoms with Crippen molar-refractivity contribution in [3.8, 4) is 0 Å². The van der Waals surface area contributed by atoms with Crippen LogP contribution in [0.25, 0.3) is 0 Å². The molecule has 4 rings (SSSR count). The van der Waals surface area contributed by atoms with Gasteiger partial charge in [-0.2, -0.15) is 0 Å². The number of para-hydroxylation sites is 1. The van der Waals surface area contributed by atoms with E-state index in [4.69, 9.17) is 4.84 Å². The van der Waals surface area contributed by atoms with E-state index in [2.05, 4.69) is 15.5 Å². The van der Waals surface area contributed by atoms with Crippen molar-refractivity contribution in [2.45, 2.75) is 22.6 Å². The van der Waals surface area contributed by atoms with Gasteiger partial charge in [0.2, 0.25) is 6.10 Å². The first kappa shape index (κ1) is 19.1. The molecule has 3 aromatic rings. The second-order valence-corrected chi connectivity index (χ2v) is 7.38. The number of rotatable bonds is 5. The van der Waals surface area contributed by atoms with Gasteiger partial charge in [0.1, 0.15) is 11.6 Å². The SMILES string of the molecule is Cn1ccnc1Sc1ccccc1NC(=O)[C@H]1CC(c2cc(F)ccc2F)=NO1. The number of nitrogens with one attached hydrogen (secondary N) is 1. The minimum absolute atomic E-state index is 0.00830. The van der Waals surface area contributed by atoms with E-state index in [0.29, 0.717) is 5.69 Å². The van der Waals surface area contributed by atoms with Gasteiger partial charge in [-0.15, -0.1) is 0 Å². The Labute approximate surface area is 169 Å². The lowest BCUT2D eigenvalue weighted by molar-refractivity contribution is -0.125. The molecular formula is C20H16F2N4O2S. The molecule has 0 unspecified atom stereocenters. The molecule has 0 radical (unpaired) electrons. The Balaban J connectivity index is 1.46. The Morgan fingerprint density at radius 3 is 2.90 bits per heavy atom. The van der Waals surface area contributed by atoms with Crippen molar-refractivity contribution < 1.29 is 18.4 Å². The van der Waals surface area contributed by atoms with Gasteiger partial charge in [0.15, 0.2) is 5.16 Å². The number of halogens is 2. The average Bonchev–Trinajstić information content (AvgIpc) is 3.35. The van der Waals surface area contributed by atoms with Gasteiger partial charge in [-0.25, -0.2) is 13.8 Å². The van der Waals surface area contributed by atoms with Crippen LogP contribution in [0.15, 0.2) is 70.1 Å². The summed E-state index contributed by atoms with van der Waals surface area (Å²) in [5, 5.41) is 7.37. The first-order valence-electron chi connectivity index (χ1n) is 8.74. The van der Waals surface area contributed by atoms with Crippen LogP contribution in [0.4, 0.5) is 14.5 Å². The minimum Gasteiger partial charge on any atom is -0.382 e. The van der Waals surface area contributed by atoms with Crippen LogP contribution in [0.3, 0.4) is 0 Å². The highest BCUT2D eigenvalue weighted by Crippen LogP contribution is 2.32. The summed E-state index contributed by atoms with van der Waals surface area (Å²) in [6, 6.07) is 10.4. The Bertz CT molecular complexity index is 1100. The zero-order chi connectivity index (χ0) is 20.4. The lowest BCUT2D eigenvalue weighted by Gasteiger charge is -2.13. The third kappa shape index (κ3) is 4.14. The highest BCUT2D eigenvalue weighted by atomic mass is 32.2. The summed E-state index contributed by atoms with van der Waals surface area (Å²) in [6.45, 7) is 0. The fourth-order valence-electron chi connectivity index (χ4n) is 2.82. The number of oxime groups is 1. The van der Waals surface area contributed by atoms with E-state index >= 15 is 0 Å². The van der Waals surface area contributed by atoms with Crippen LogP contribution in [0.5, 0.6) is 0 Å². The van der Waals surface area contributed by atoms with E-state index in [9.17, 15) is 13.6 Å². The van der Waals surface area contributed by atoms with Gasteiger partial charge in [0.25, 0.3) is 5.91 Å². The minimum atomic E-state index is -0.932. The van der Waals surface area contributed by atoms with Gasteiger partial charge in [-0.3, -0.25) is 4.79 Å². The highest BCUT2D eigenvalue weighted by Gasteiger charge is 2.30. The summed E-state index contributed by atoms with van der Waals surface area (Å²) in [4.78, 5) is 22.9. The van der Waals surface area contributed by atoms with E-state index in [0.717, 1.165) is 28.3 Å². The highest BCUT2D eigenvalue weighted by molar-refractivity contribution is 7.99. The van der Waals surface area contributed by atoms with Crippen LogP contribution in [0.2, 0.25) is 0 Å². The summed E-state index contributed by atoms with van der Waals surface area (Å²) >= 11 is 1.41. The van der Waals surface area contributed by atoms with E-state index in [1.807, 2.05) is 29.9 Å².